The predicted molar refractivity (Wildman–Crippen MR) is 89.0 cm³/mol. The van der Waals surface area contributed by atoms with Gasteiger partial charge in [0, 0.05) is 23.6 Å². The van der Waals surface area contributed by atoms with Crippen LogP contribution in [0.5, 0.6) is 0 Å². The molecule has 1 aromatic rings. The molecule has 4 nitrogen and oxygen atoms in total. The van der Waals surface area contributed by atoms with E-state index in [1.807, 2.05) is 39.0 Å². The topological polar surface area (TPSA) is 41.6 Å². The molecule has 1 unspecified atom stereocenters. The molecule has 1 heterocycles. The van der Waals surface area contributed by atoms with Gasteiger partial charge in [0.1, 0.15) is 5.60 Å². The van der Waals surface area contributed by atoms with Crippen molar-refractivity contribution in [3.63, 3.8) is 0 Å². The number of hydrogen-bond donors (Lipinski definition) is 1. The molecule has 1 N–H and O–H groups in total. The summed E-state index contributed by atoms with van der Waals surface area (Å²) in [7, 11) is 0. The molecule has 2 rings (SSSR count). The van der Waals surface area contributed by atoms with Gasteiger partial charge in [-0.3, -0.25) is 0 Å². The van der Waals surface area contributed by atoms with Crippen LogP contribution in [-0.4, -0.2) is 35.7 Å². The SMILES string of the molecule is CC(C)(C)OC(=O)N1CCC(Nc2ccc(Br)cc2Cl)C1. The van der Waals surface area contributed by atoms with E-state index in [0.717, 1.165) is 16.6 Å². The number of likely N-dealkylation sites (tertiary alicyclic amines) is 1. The Morgan fingerprint density at radius 3 is 2.81 bits per heavy atom. The number of amides is 1. The molecule has 0 aromatic heterocycles. The summed E-state index contributed by atoms with van der Waals surface area (Å²) in [6.45, 7) is 6.94. The number of nitrogens with one attached hydrogen (secondary N) is 1. The molecule has 6 heteroatoms. The second-order valence-electron chi connectivity index (χ2n) is 6.18. The van der Waals surface area contributed by atoms with Crippen molar-refractivity contribution in [2.45, 2.75) is 38.8 Å². The summed E-state index contributed by atoms with van der Waals surface area (Å²) in [6, 6.07) is 5.91. The summed E-state index contributed by atoms with van der Waals surface area (Å²) in [5.41, 5.74) is 0.424. The number of carbonyl (C=O) groups excluding carboxylic acids is 1. The molecule has 116 valence electrons. The second-order valence-corrected chi connectivity index (χ2v) is 7.50. The summed E-state index contributed by atoms with van der Waals surface area (Å²) in [6.07, 6.45) is 0.625. The van der Waals surface area contributed by atoms with Crippen molar-refractivity contribution in [1.29, 1.82) is 0 Å². The Labute approximate surface area is 138 Å². The van der Waals surface area contributed by atoms with Crippen molar-refractivity contribution in [2.24, 2.45) is 0 Å². The summed E-state index contributed by atoms with van der Waals surface area (Å²) >= 11 is 9.58. The van der Waals surface area contributed by atoms with E-state index >= 15 is 0 Å². The number of ether oxygens (including phenoxy) is 1. The molecule has 1 amide bonds. The molecule has 21 heavy (non-hydrogen) atoms. The maximum atomic E-state index is 12.0. The highest BCUT2D eigenvalue weighted by molar-refractivity contribution is 9.10. The third-order valence-corrected chi connectivity index (χ3v) is 3.94. The average molecular weight is 376 g/mol. The molecule has 1 atom stereocenters. The first-order valence-electron chi connectivity index (χ1n) is 6.94. The maximum Gasteiger partial charge on any atom is 0.410 e. The normalized spacial score (nSPS) is 18.7. The smallest absolute Gasteiger partial charge is 0.410 e. The molecule has 0 aliphatic carbocycles. The van der Waals surface area contributed by atoms with Crippen LogP contribution in [0.25, 0.3) is 0 Å². The second kappa shape index (κ2) is 6.44. The summed E-state index contributed by atoms with van der Waals surface area (Å²) in [5.74, 6) is 0. The van der Waals surface area contributed by atoms with Crippen molar-refractivity contribution in [3.05, 3.63) is 27.7 Å². The van der Waals surface area contributed by atoms with Crippen LogP contribution in [0.1, 0.15) is 27.2 Å². The molecule has 1 fully saturated rings. The van der Waals surface area contributed by atoms with Gasteiger partial charge in [-0.05, 0) is 45.4 Å². The number of rotatable bonds is 2. The van der Waals surface area contributed by atoms with E-state index in [1.54, 1.807) is 4.90 Å². The summed E-state index contributed by atoms with van der Waals surface area (Å²) in [5, 5.41) is 4.05. The van der Waals surface area contributed by atoms with Crippen LogP contribution in [0.2, 0.25) is 5.02 Å². The van der Waals surface area contributed by atoms with Gasteiger partial charge >= 0.3 is 6.09 Å². The van der Waals surface area contributed by atoms with Crippen molar-refractivity contribution in [1.82, 2.24) is 4.90 Å². The van der Waals surface area contributed by atoms with Crippen molar-refractivity contribution < 1.29 is 9.53 Å². The molecule has 1 aromatic carbocycles. The van der Waals surface area contributed by atoms with E-state index in [2.05, 4.69) is 21.2 Å². The van der Waals surface area contributed by atoms with E-state index < -0.39 is 5.60 Å². The zero-order valence-electron chi connectivity index (χ0n) is 12.5. The minimum absolute atomic E-state index is 0.191. The van der Waals surface area contributed by atoms with Gasteiger partial charge in [0.05, 0.1) is 10.7 Å². The molecule has 0 bridgehead atoms. The minimum Gasteiger partial charge on any atom is -0.444 e. The van der Waals surface area contributed by atoms with Crippen LogP contribution in [0.15, 0.2) is 22.7 Å². The van der Waals surface area contributed by atoms with Gasteiger partial charge < -0.3 is 15.0 Å². The molecule has 1 aliphatic rings. The lowest BCUT2D eigenvalue weighted by molar-refractivity contribution is 0.0293. The Bertz CT molecular complexity index is 531. The van der Waals surface area contributed by atoms with Crippen LogP contribution in [0, 0.1) is 0 Å². The van der Waals surface area contributed by atoms with Gasteiger partial charge in [-0.1, -0.05) is 27.5 Å². The van der Waals surface area contributed by atoms with Gasteiger partial charge in [0.15, 0.2) is 0 Å². The van der Waals surface area contributed by atoms with E-state index in [1.165, 1.54) is 0 Å². The summed E-state index contributed by atoms with van der Waals surface area (Å²) in [4.78, 5) is 13.7. The number of hydrogen-bond acceptors (Lipinski definition) is 3. The van der Waals surface area contributed by atoms with Crippen molar-refractivity contribution >= 4 is 39.3 Å². The molecule has 0 spiro atoms. The Morgan fingerprint density at radius 2 is 2.19 bits per heavy atom. The average Bonchev–Trinajstić information content (AvgIpc) is 2.79. The molecule has 1 saturated heterocycles. The molecular formula is C15H20BrClN2O2. The van der Waals surface area contributed by atoms with Crippen LogP contribution < -0.4 is 5.32 Å². The van der Waals surface area contributed by atoms with Crippen molar-refractivity contribution in [2.75, 3.05) is 18.4 Å². The Balaban J connectivity index is 1.92. The van der Waals surface area contributed by atoms with Gasteiger partial charge in [-0.2, -0.15) is 0 Å². The number of halogens is 2. The van der Waals surface area contributed by atoms with Crippen LogP contribution >= 0.6 is 27.5 Å². The Hall–Kier alpha value is -0.940. The number of benzene rings is 1. The van der Waals surface area contributed by atoms with E-state index in [-0.39, 0.29) is 12.1 Å². The fourth-order valence-electron chi connectivity index (χ4n) is 2.20. The Kier molecular flexibility index (Phi) is 5.04. The first kappa shape index (κ1) is 16.4. The van der Waals surface area contributed by atoms with Gasteiger partial charge in [-0.15, -0.1) is 0 Å². The fourth-order valence-corrected chi connectivity index (χ4v) is 2.92. The minimum atomic E-state index is -0.461. The first-order valence-corrected chi connectivity index (χ1v) is 8.11. The lowest BCUT2D eigenvalue weighted by Gasteiger charge is -2.24. The molecule has 0 saturated carbocycles. The highest BCUT2D eigenvalue weighted by Crippen LogP contribution is 2.27. The zero-order chi connectivity index (χ0) is 15.6. The predicted octanol–water partition coefficient (Wildman–Crippen LogP) is 4.52. The molecule has 1 aliphatic heterocycles. The number of anilines is 1. The largest absolute Gasteiger partial charge is 0.444 e. The summed E-state index contributed by atoms with van der Waals surface area (Å²) < 4.78 is 6.33. The fraction of sp³-hybridized carbons (Fsp3) is 0.533. The third-order valence-electron chi connectivity index (χ3n) is 3.13. The van der Waals surface area contributed by atoms with E-state index in [4.69, 9.17) is 16.3 Å². The quantitative estimate of drug-likeness (QED) is 0.826. The lowest BCUT2D eigenvalue weighted by atomic mass is 10.2. The maximum absolute atomic E-state index is 12.0. The van der Waals surface area contributed by atoms with Crippen LogP contribution in [0.3, 0.4) is 0 Å². The molecular weight excluding hydrogens is 356 g/mol. The third kappa shape index (κ3) is 4.78. The van der Waals surface area contributed by atoms with E-state index in [0.29, 0.717) is 18.1 Å². The van der Waals surface area contributed by atoms with Crippen LogP contribution in [0.4, 0.5) is 10.5 Å². The lowest BCUT2D eigenvalue weighted by Crippen LogP contribution is -2.36. The first-order chi connectivity index (χ1) is 9.74. The van der Waals surface area contributed by atoms with Crippen LogP contribution in [-0.2, 0) is 4.74 Å². The van der Waals surface area contributed by atoms with Gasteiger partial charge in [0.25, 0.3) is 0 Å². The van der Waals surface area contributed by atoms with Crippen molar-refractivity contribution in [3.8, 4) is 0 Å². The highest BCUT2D eigenvalue weighted by Gasteiger charge is 2.29. The zero-order valence-corrected chi connectivity index (χ0v) is 14.8. The molecule has 0 radical (unpaired) electrons. The highest BCUT2D eigenvalue weighted by atomic mass is 79.9. The van der Waals surface area contributed by atoms with Gasteiger partial charge in [0.2, 0.25) is 0 Å². The monoisotopic (exact) mass is 374 g/mol. The van der Waals surface area contributed by atoms with E-state index in [9.17, 15) is 4.79 Å². The standard InChI is InChI=1S/C15H20BrClN2O2/c1-15(2,3)21-14(20)19-7-6-11(9-19)18-13-5-4-10(16)8-12(13)17/h4-5,8,11,18H,6-7,9H2,1-3H3. The van der Waals surface area contributed by atoms with Gasteiger partial charge in [-0.25, -0.2) is 4.79 Å². The number of nitrogens with zero attached hydrogens (tertiary/aromatic N) is 1. The Morgan fingerprint density at radius 1 is 1.48 bits per heavy atom. The number of carbonyl (C=O) groups is 1.